The molecule has 2 rings (SSSR count). The number of hydrogen-bond acceptors (Lipinski definition) is 4. The number of carboxylic acid groups (broad SMARTS) is 1. The number of carbonyl (C=O) groups is 1. The first-order chi connectivity index (χ1) is 8.56. The standard InChI is InChI=1S/C13H20N2O3/c1-9-12(10(2)18-14-9)8-15-5-3-4-11(7-15)6-13(16)17/h11H,3-8H2,1-2H3,(H,16,17). The molecule has 1 atom stereocenters. The number of aryl methyl sites for hydroxylation is 2. The predicted molar refractivity (Wildman–Crippen MR) is 66.2 cm³/mol. The summed E-state index contributed by atoms with van der Waals surface area (Å²) in [4.78, 5) is 13.1. The largest absolute Gasteiger partial charge is 0.481 e. The lowest BCUT2D eigenvalue weighted by atomic mass is 9.94. The van der Waals surface area contributed by atoms with Crippen LogP contribution in [0.25, 0.3) is 0 Å². The number of carboxylic acids is 1. The summed E-state index contributed by atoms with van der Waals surface area (Å²) in [5, 5.41) is 12.8. The van der Waals surface area contributed by atoms with Crippen LogP contribution in [-0.2, 0) is 11.3 Å². The Hall–Kier alpha value is -1.36. The highest BCUT2D eigenvalue weighted by Crippen LogP contribution is 2.23. The minimum Gasteiger partial charge on any atom is -0.481 e. The fourth-order valence-corrected chi connectivity index (χ4v) is 2.66. The molecule has 0 spiro atoms. The van der Waals surface area contributed by atoms with E-state index in [-0.39, 0.29) is 12.3 Å². The third kappa shape index (κ3) is 3.10. The molecule has 0 radical (unpaired) electrons. The molecule has 0 aliphatic carbocycles. The van der Waals surface area contributed by atoms with Crippen LogP contribution in [0.5, 0.6) is 0 Å². The van der Waals surface area contributed by atoms with Gasteiger partial charge in [0.1, 0.15) is 5.76 Å². The zero-order chi connectivity index (χ0) is 13.1. The monoisotopic (exact) mass is 252 g/mol. The average molecular weight is 252 g/mol. The number of likely N-dealkylation sites (tertiary alicyclic amines) is 1. The highest BCUT2D eigenvalue weighted by atomic mass is 16.5. The highest BCUT2D eigenvalue weighted by molar-refractivity contribution is 5.67. The van der Waals surface area contributed by atoms with Crippen LogP contribution in [0.3, 0.4) is 0 Å². The second-order valence-corrected chi connectivity index (χ2v) is 5.14. The van der Waals surface area contributed by atoms with Gasteiger partial charge in [0.25, 0.3) is 0 Å². The molecule has 1 unspecified atom stereocenters. The molecule has 1 aliphatic rings. The molecule has 2 heterocycles. The van der Waals surface area contributed by atoms with Gasteiger partial charge < -0.3 is 9.63 Å². The fourth-order valence-electron chi connectivity index (χ4n) is 2.66. The van der Waals surface area contributed by atoms with E-state index < -0.39 is 5.97 Å². The Morgan fingerprint density at radius 3 is 2.94 bits per heavy atom. The third-order valence-electron chi connectivity index (χ3n) is 3.63. The number of aromatic nitrogens is 1. The molecular weight excluding hydrogens is 232 g/mol. The molecule has 1 aromatic heterocycles. The third-order valence-corrected chi connectivity index (χ3v) is 3.63. The zero-order valence-electron chi connectivity index (χ0n) is 11.0. The van der Waals surface area contributed by atoms with Gasteiger partial charge in [-0.05, 0) is 39.2 Å². The summed E-state index contributed by atoms with van der Waals surface area (Å²) in [6.07, 6.45) is 2.36. The van der Waals surface area contributed by atoms with E-state index in [2.05, 4.69) is 10.1 Å². The predicted octanol–water partition coefficient (Wildman–Crippen LogP) is 1.98. The van der Waals surface area contributed by atoms with Crippen LogP contribution < -0.4 is 0 Å². The summed E-state index contributed by atoms with van der Waals surface area (Å²) in [7, 11) is 0. The summed E-state index contributed by atoms with van der Waals surface area (Å²) in [6.45, 7) is 6.58. The Balaban J connectivity index is 1.95. The van der Waals surface area contributed by atoms with E-state index in [1.165, 1.54) is 0 Å². The molecule has 1 aliphatic heterocycles. The van der Waals surface area contributed by atoms with Gasteiger partial charge in [0.15, 0.2) is 0 Å². The van der Waals surface area contributed by atoms with Crippen molar-refractivity contribution in [2.24, 2.45) is 5.92 Å². The maximum atomic E-state index is 10.8. The first kappa shape index (κ1) is 13.1. The molecule has 0 bridgehead atoms. The van der Waals surface area contributed by atoms with Gasteiger partial charge in [-0.3, -0.25) is 9.69 Å². The molecule has 0 saturated carbocycles. The number of aliphatic carboxylic acids is 1. The minimum absolute atomic E-state index is 0.275. The second kappa shape index (κ2) is 5.52. The lowest BCUT2D eigenvalue weighted by Crippen LogP contribution is -2.36. The van der Waals surface area contributed by atoms with Crippen molar-refractivity contribution < 1.29 is 14.4 Å². The van der Waals surface area contributed by atoms with Crippen molar-refractivity contribution >= 4 is 5.97 Å². The first-order valence-electron chi connectivity index (χ1n) is 6.42. The molecule has 5 heteroatoms. The van der Waals surface area contributed by atoms with Crippen LogP contribution in [0.1, 0.15) is 36.3 Å². The molecule has 1 aromatic rings. The number of rotatable bonds is 4. The van der Waals surface area contributed by atoms with Crippen molar-refractivity contribution in [3.05, 3.63) is 17.0 Å². The van der Waals surface area contributed by atoms with Crippen molar-refractivity contribution in [2.75, 3.05) is 13.1 Å². The smallest absolute Gasteiger partial charge is 0.303 e. The Morgan fingerprint density at radius 2 is 2.33 bits per heavy atom. The summed E-state index contributed by atoms with van der Waals surface area (Å²) < 4.78 is 5.16. The summed E-state index contributed by atoms with van der Waals surface area (Å²) >= 11 is 0. The summed E-state index contributed by atoms with van der Waals surface area (Å²) in [5.74, 6) is 0.448. The van der Waals surface area contributed by atoms with Crippen LogP contribution >= 0.6 is 0 Å². The number of piperidine rings is 1. The van der Waals surface area contributed by atoms with Crippen LogP contribution in [0.4, 0.5) is 0 Å². The van der Waals surface area contributed by atoms with Crippen LogP contribution in [0, 0.1) is 19.8 Å². The lowest BCUT2D eigenvalue weighted by Gasteiger charge is -2.31. The summed E-state index contributed by atoms with van der Waals surface area (Å²) in [6, 6.07) is 0. The van der Waals surface area contributed by atoms with Gasteiger partial charge in [0, 0.05) is 25.1 Å². The molecule has 1 fully saturated rings. The second-order valence-electron chi connectivity index (χ2n) is 5.14. The number of hydrogen-bond donors (Lipinski definition) is 1. The quantitative estimate of drug-likeness (QED) is 0.887. The topological polar surface area (TPSA) is 66.6 Å². The molecular formula is C13H20N2O3. The maximum absolute atomic E-state index is 10.8. The SMILES string of the molecule is Cc1noc(C)c1CN1CCCC(CC(=O)O)C1. The molecule has 18 heavy (non-hydrogen) atoms. The van der Waals surface area contributed by atoms with Crippen LogP contribution in [-0.4, -0.2) is 34.2 Å². The van der Waals surface area contributed by atoms with Gasteiger partial charge in [-0.2, -0.15) is 0 Å². The fraction of sp³-hybridized carbons (Fsp3) is 0.692. The Labute approximate surface area is 107 Å². The number of nitrogens with zero attached hydrogens (tertiary/aromatic N) is 2. The maximum Gasteiger partial charge on any atom is 0.303 e. The van der Waals surface area contributed by atoms with Gasteiger partial charge in [0.2, 0.25) is 0 Å². The van der Waals surface area contributed by atoms with E-state index in [0.717, 1.165) is 49.5 Å². The van der Waals surface area contributed by atoms with E-state index in [4.69, 9.17) is 9.63 Å². The normalized spacial score (nSPS) is 21.1. The van der Waals surface area contributed by atoms with Crippen molar-refractivity contribution in [2.45, 2.75) is 39.7 Å². The molecule has 0 amide bonds. The minimum atomic E-state index is -0.695. The Bertz CT molecular complexity index is 408. The Morgan fingerprint density at radius 1 is 1.56 bits per heavy atom. The van der Waals surface area contributed by atoms with Crippen molar-refractivity contribution in [1.29, 1.82) is 0 Å². The summed E-state index contributed by atoms with van der Waals surface area (Å²) in [5.41, 5.74) is 2.08. The highest BCUT2D eigenvalue weighted by Gasteiger charge is 2.23. The molecule has 0 aromatic carbocycles. The van der Waals surface area contributed by atoms with Crippen molar-refractivity contribution in [3.8, 4) is 0 Å². The average Bonchev–Trinajstić information content (AvgIpc) is 2.60. The molecule has 5 nitrogen and oxygen atoms in total. The van der Waals surface area contributed by atoms with Crippen molar-refractivity contribution in [3.63, 3.8) is 0 Å². The van der Waals surface area contributed by atoms with E-state index in [0.29, 0.717) is 0 Å². The van der Waals surface area contributed by atoms with E-state index in [1.807, 2.05) is 13.8 Å². The van der Waals surface area contributed by atoms with Crippen LogP contribution in [0.2, 0.25) is 0 Å². The molecule has 1 saturated heterocycles. The Kier molecular flexibility index (Phi) is 4.01. The van der Waals surface area contributed by atoms with Crippen molar-refractivity contribution in [1.82, 2.24) is 10.1 Å². The van der Waals surface area contributed by atoms with Gasteiger partial charge in [-0.15, -0.1) is 0 Å². The van der Waals surface area contributed by atoms with Gasteiger partial charge in [-0.1, -0.05) is 5.16 Å². The van der Waals surface area contributed by atoms with Gasteiger partial charge in [0.05, 0.1) is 5.69 Å². The van der Waals surface area contributed by atoms with E-state index in [1.54, 1.807) is 0 Å². The molecule has 1 N–H and O–H groups in total. The van der Waals surface area contributed by atoms with Gasteiger partial charge >= 0.3 is 5.97 Å². The van der Waals surface area contributed by atoms with E-state index in [9.17, 15) is 4.79 Å². The first-order valence-corrected chi connectivity index (χ1v) is 6.42. The van der Waals surface area contributed by atoms with Gasteiger partial charge in [-0.25, -0.2) is 0 Å². The zero-order valence-corrected chi connectivity index (χ0v) is 11.0. The lowest BCUT2D eigenvalue weighted by molar-refractivity contribution is -0.138. The van der Waals surface area contributed by atoms with Crippen LogP contribution in [0.15, 0.2) is 4.52 Å². The van der Waals surface area contributed by atoms with E-state index >= 15 is 0 Å². The molecule has 100 valence electrons.